The second kappa shape index (κ2) is 6.17. The maximum Gasteiger partial charge on any atom is 0.168 e. The number of aromatic nitrogens is 1. The van der Waals surface area contributed by atoms with Crippen molar-refractivity contribution in [2.24, 2.45) is 0 Å². The van der Waals surface area contributed by atoms with Crippen LogP contribution in [0.2, 0.25) is 0 Å². The van der Waals surface area contributed by atoms with Crippen LogP contribution in [0.5, 0.6) is 0 Å². The minimum atomic E-state index is 0.364. The minimum absolute atomic E-state index is 0.364. The van der Waals surface area contributed by atoms with Crippen LogP contribution in [0.1, 0.15) is 0 Å². The van der Waals surface area contributed by atoms with E-state index < -0.39 is 0 Å². The molecule has 1 aromatic rings. The summed E-state index contributed by atoms with van der Waals surface area (Å²) in [4.78, 5) is 19.2. The van der Waals surface area contributed by atoms with E-state index in [-0.39, 0.29) is 0 Å². The highest BCUT2D eigenvalue weighted by molar-refractivity contribution is 8.02. The smallest absolute Gasteiger partial charge is 0.168 e. The number of allylic oxidation sites excluding steroid dienone is 1. The molecule has 0 aliphatic heterocycles. The first-order valence-corrected chi connectivity index (χ1v) is 4.77. The third-order valence-corrected chi connectivity index (χ3v) is 2.15. The molecular formula is C9H10N2O2S. The van der Waals surface area contributed by atoms with Crippen LogP contribution in [-0.4, -0.2) is 18.4 Å². The van der Waals surface area contributed by atoms with Crippen molar-refractivity contribution in [3.05, 3.63) is 35.5 Å². The van der Waals surface area contributed by atoms with Gasteiger partial charge < -0.3 is 0 Å². The van der Waals surface area contributed by atoms with Crippen molar-refractivity contribution in [1.29, 1.82) is 0 Å². The number of thioether (sulfide) groups is 1. The first kappa shape index (κ1) is 10.7. The lowest BCUT2D eigenvalue weighted by atomic mass is 10.5. The summed E-state index contributed by atoms with van der Waals surface area (Å²) in [5, 5.41) is 2.46. The number of hydrogen-bond acceptors (Lipinski definition) is 5. The highest BCUT2D eigenvalue weighted by Gasteiger charge is 1.94. The number of aldehydes is 1. The lowest BCUT2D eigenvalue weighted by molar-refractivity contribution is -0.106. The molecule has 0 spiro atoms. The van der Waals surface area contributed by atoms with Crippen LogP contribution in [0.25, 0.3) is 0 Å². The maximum absolute atomic E-state index is 10.5. The number of nitrogens with zero attached hydrogens (tertiary/aromatic N) is 1. The summed E-state index contributed by atoms with van der Waals surface area (Å²) < 4.78 is 0. The third-order valence-electron chi connectivity index (χ3n) is 1.29. The van der Waals surface area contributed by atoms with Gasteiger partial charge >= 0.3 is 0 Å². The molecule has 0 aliphatic carbocycles. The first-order valence-electron chi connectivity index (χ1n) is 3.89. The fourth-order valence-electron chi connectivity index (χ4n) is 0.734. The summed E-state index contributed by atoms with van der Waals surface area (Å²) in [7, 11) is 1.45. The zero-order valence-corrected chi connectivity index (χ0v) is 8.45. The van der Waals surface area contributed by atoms with E-state index in [2.05, 4.69) is 15.3 Å². The highest BCUT2D eigenvalue weighted by atomic mass is 32.2. The van der Waals surface area contributed by atoms with Gasteiger partial charge in [0.25, 0.3) is 0 Å². The number of nitrogens with one attached hydrogen (secondary N) is 1. The lowest BCUT2D eigenvalue weighted by Gasteiger charge is -2.00. The fraction of sp³-hybridized carbons (Fsp3) is 0.111. The van der Waals surface area contributed by atoms with Gasteiger partial charge in [0.15, 0.2) is 6.29 Å². The number of carbonyl (C=O) groups excluding carboxylic acids is 1. The predicted molar refractivity (Wildman–Crippen MR) is 54.4 cm³/mol. The van der Waals surface area contributed by atoms with Crippen molar-refractivity contribution in [3.8, 4) is 0 Å². The van der Waals surface area contributed by atoms with Gasteiger partial charge in [0.2, 0.25) is 0 Å². The third kappa shape index (κ3) is 3.59. The van der Waals surface area contributed by atoms with Crippen molar-refractivity contribution < 1.29 is 9.63 Å². The molecule has 14 heavy (non-hydrogen) atoms. The molecule has 0 aromatic carbocycles. The highest BCUT2D eigenvalue weighted by Crippen LogP contribution is 2.15. The molecule has 0 saturated carbocycles. The summed E-state index contributed by atoms with van der Waals surface area (Å²) in [6.45, 7) is 0. The molecule has 1 heterocycles. The molecule has 5 heteroatoms. The second-order valence-corrected chi connectivity index (χ2v) is 3.17. The normalized spacial score (nSPS) is 11.1. The van der Waals surface area contributed by atoms with Crippen LogP contribution in [-0.2, 0) is 9.63 Å². The maximum atomic E-state index is 10.5. The Bertz CT molecular complexity index is 314. The van der Waals surface area contributed by atoms with Gasteiger partial charge in [0.1, 0.15) is 10.7 Å². The van der Waals surface area contributed by atoms with Crippen molar-refractivity contribution >= 4 is 18.0 Å². The van der Waals surface area contributed by atoms with E-state index in [0.29, 0.717) is 12.0 Å². The summed E-state index contributed by atoms with van der Waals surface area (Å²) in [6, 6.07) is 5.58. The molecular weight excluding hydrogens is 200 g/mol. The zero-order chi connectivity index (χ0) is 10.2. The summed E-state index contributed by atoms with van der Waals surface area (Å²) in [6.07, 6.45) is 2.37. The Morgan fingerprint density at radius 3 is 3.07 bits per heavy atom. The number of hydroxylamine groups is 1. The predicted octanol–water partition coefficient (Wildman–Crippen LogP) is 1.36. The van der Waals surface area contributed by atoms with Crippen LogP contribution >= 0.6 is 11.8 Å². The molecule has 74 valence electrons. The standard InChI is InChI=1S/C9H10N2O2S/c1-13-11-8(6-12)7-14-9-4-2-3-5-10-9/h2-7,11H,1H3. The molecule has 0 aliphatic rings. The van der Waals surface area contributed by atoms with Gasteiger partial charge in [0, 0.05) is 11.6 Å². The van der Waals surface area contributed by atoms with Gasteiger partial charge in [-0.25, -0.2) is 4.98 Å². The number of pyridine rings is 1. The van der Waals surface area contributed by atoms with E-state index in [1.165, 1.54) is 18.9 Å². The summed E-state index contributed by atoms with van der Waals surface area (Å²) in [5.74, 6) is 0. The van der Waals surface area contributed by atoms with Crippen LogP contribution in [0.3, 0.4) is 0 Å². The number of rotatable bonds is 5. The SMILES string of the molecule is CONC(C=O)=CSc1ccccn1. The lowest BCUT2D eigenvalue weighted by Crippen LogP contribution is -2.11. The number of carbonyl (C=O) groups is 1. The molecule has 0 fully saturated rings. The van der Waals surface area contributed by atoms with E-state index in [1.807, 2.05) is 18.2 Å². The van der Waals surface area contributed by atoms with Crippen LogP contribution in [0, 0.1) is 0 Å². The van der Waals surface area contributed by atoms with E-state index in [0.717, 1.165) is 5.03 Å². The van der Waals surface area contributed by atoms with Crippen LogP contribution < -0.4 is 5.48 Å². The van der Waals surface area contributed by atoms with Gasteiger partial charge in [-0.05, 0) is 12.1 Å². The fourth-order valence-corrected chi connectivity index (χ4v) is 1.36. The zero-order valence-electron chi connectivity index (χ0n) is 7.64. The van der Waals surface area contributed by atoms with Crippen molar-refractivity contribution in [3.63, 3.8) is 0 Å². The first-order chi connectivity index (χ1) is 6.86. The van der Waals surface area contributed by atoms with Gasteiger partial charge in [-0.2, -0.15) is 0 Å². The average Bonchev–Trinajstić information content (AvgIpc) is 2.25. The molecule has 0 unspecified atom stereocenters. The van der Waals surface area contributed by atoms with E-state index in [1.54, 1.807) is 11.6 Å². The molecule has 0 radical (unpaired) electrons. The topological polar surface area (TPSA) is 51.2 Å². The van der Waals surface area contributed by atoms with Gasteiger partial charge in [-0.1, -0.05) is 17.8 Å². The Balaban J connectivity index is 2.56. The Morgan fingerprint density at radius 1 is 1.64 bits per heavy atom. The van der Waals surface area contributed by atoms with E-state index >= 15 is 0 Å². The molecule has 1 aromatic heterocycles. The monoisotopic (exact) mass is 210 g/mol. The van der Waals surface area contributed by atoms with Gasteiger partial charge in [-0.15, -0.1) is 0 Å². The minimum Gasteiger partial charge on any atom is -0.296 e. The van der Waals surface area contributed by atoms with Crippen LogP contribution in [0.4, 0.5) is 0 Å². The Kier molecular flexibility index (Phi) is 4.74. The van der Waals surface area contributed by atoms with Crippen molar-refractivity contribution in [2.75, 3.05) is 7.11 Å². The van der Waals surface area contributed by atoms with Crippen molar-refractivity contribution in [1.82, 2.24) is 10.5 Å². The number of hydrogen-bond donors (Lipinski definition) is 1. The molecule has 0 amide bonds. The largest absolute Gasteiger partial charge is 0.296 e. The van der Waals surface area contributed by atoms with E-state index in [4.69, 9.17) is 0 Å². The van der Waals surface area contributed by atoms with Crippen LogP contribution in [0.15, 0.2) is 40.5 Å². The average molecular weight is 210 g/mol. The summed E-state index contributed by atoms with van der Waals surface area (Å²) in [5.41, 5.74) is 2.81. The van der Waals surface area contributed by atoms with E-state index in [9.17, 15) is 4.79 Å². The quantitative estimate of drug-likeness (QED) is 0.344. The molecule has 1 N–H and O–H groups in total. The Labute approximate surface area is 86.3 Å². The molecule has 0 saturated heterocycles. The molecule has 4 nitrogen and oxygen atoms in total. The Morgan fingerprint density at radius 2 is 2.50 bits per heavy atom. The van der Waals surface area contributed by atoms with Crippen molar-refractivity contribution in [2.45, 2.75) is 5.03 Å². The summed E-state index contributed by atoms with van der Waals surface area (Å²) >= 11 is 1.35. The molecule has 1 rings (SSSR count). The molecule has 0 bridgehead atoms. The molecule has 0 atom stereocenters. The van der Waals surface area contributed by atoms with Gasteiger partial charge in [-0.3, -0.25) is 15.1 Å². The Hall–Kier alpha value is -1.33. The second-order valence-electron chi connectivity index (χ2n) is 2.28. The van der Waals surface area contributed by atoms with Gasteiger partial charge in [0.05, 0.1) is 7.11 Å².